The Labute approximate surface area is 97.2 Å². The van der Waals surface area contributed by atoms with E-state index in [1.807, 2.05) is 20.0 Å². The predicted octanol–water partition coefficient (Wildman–Crippen LogP) is 2.29. The van der Waals surface area contributed by atoms with Crippen LogP contribution in [-0.2, 0) is 4.74 Å². The van der Waals surface area contributed by atoms with Crippen molar-refractivity contribution in [2.24, 2.45) is 5.73 Å². The molecule has 2 atom stereocenters. The van der Waals surface area contributed by atoms with E-state index in [4.69, 9.17) is 10.5 Å². The van der Waals surface area contributed by atoms with E-state index in [0.717, 1.165) is 29.9 Å². The van der Waals surface area contributed by atoms with Crippen molar-refractivity contribution in [1.29, 1.82) is 0 Å². The van der Waals surface area contributed by atoms with Crippen molar-refractivity contribution in [3.63, 3.8) is 0 Å². The topological polar surface area (TPSA) is 61.0 Å². The molecule has 1 rings (SSSR count). The largest absolute Gasteiger partial charge is 0.373 e. The zero-order chi connectivity index (χ0) is 12.1. The van der Waals surface area contributed by atoms with Gasteiger partial charge in [0, 0.05) is 30.6 Å². The van der Waals surface area contributed by atoms with Crippen LogP contribution < -0.4 is 5.73 Å². The second-order valence-electron chi connectivity index (χ2n) is 4.07. The fourth-order valence-corrected chi connectivity index (χ4v) is 1.71. The highest BCUT2D eigenvalue weighted by Gasteiger charge is 2.14. The Morgan fingerprint density at radius 3 is 2.62 bits per heavy atom. The molecule has 4 nitrogen and oxygen atoms in total. The first-order chi connectivity index (χ1) is 7.60. The van der Waals surface area contributed by atoms with Gasteiger partial charge in [0.05, 0.1) is 0 Å². The van der Waals surface area contributed by atoms with Crippen molar-refractivity contribution in [1.82, 2.24) is 9.97 Å². The van der Waals surface area contributed by atoms with Gasteiger partial charge in [-0.05, 0) is 20.3 Å². The molecule has 16 heavy (non-hydrogen) atoms. The number of aromatic nitrogens is 2. The number of nitrogens with two attached hydrogens (primary N) is 1. The van der Waals surface area contributed by atoms with Gasteiger partial charge in [0.15, 0.2) is 5.82 Å². The summed E-state index contributed by atoms with van der Waals surface area (Å²) >= 11 is 0. The van der Waals surface area contributed by atoms with Crippen LogP contribution in [0.15, 0.2) is 6.20 Å². The number of rotatable bonds is 5. The lowest BCUT2D eigenvalue weighted by atomic mass is 10.1. The summed E-state index contributed by atoms with van der Waals surface area (Å²) in [5.41, 5.74) is 7.76. The first-order valence-electron chi connectivity index (χ1n) is 5.72. The molecule has 1 aromatic rings. The number of nitrogens with zero attached hydrogens (tertiary/aromatic N) is 2. The Bertz CT molecular complexity index is 339. The third kappa shape index (κ3) is 3.00. The lowest BCUT2D eigenvalue weighted by molar-refractivity contribution is 0.0874. The molecule has 4 heteroatoms. The number of methoxy groups -OCH3 is 1. The molecule has 0 aliphatic heterocycles. The number of hydrogen-bond donors (Lipinski definition) is 1. The Hall–Kier alpha value is -1.00. The van der Waals surface area contributed by atoms with Crippen LogP contribution in [0, 0.1) is 6.92 Å². The molecule has 2 N–H and O–H groups in total. The molecule has 0 amide bonds. The molecule has 0 saturated carbocycles. The van der Waals surface area contributed by atoms with Crippen molar-refractivity contribution in [2.75, 3.05) is 7.11 Å². The normalized spacial score (nSPS) is 14.8. The summed E-state index contributed by atoms with van der Waals surface area (Å²) in [6.07, 6.45) is 3.79. The zero-order valence-corrected chi connectivity index (χ0v) is 10.5. The van der Waals surface area contributed by atoms with Crippen molar-refractivity contribution < 1.29 is 4.74 Å². The summed E-state index contributed by atoms with van der Waals surface area (Å²) in [4.78, 5) is 8.80. The molecular weight excluding hydrogens is 202 g/mol. The van der Waals surface area contributed by atoms with E-state index >= 15 is 0 Å². The Morgan fingerprint density at radius 1 is 1.50 bits per heavy atom. The van der Waals surface area contributed by atoms with Gasteiger partial charge < -0.3 is 10.5 Å². The molecule has 0 aliphatic carbocycles. The van der Waals surface area contributed by atoms with Crippen LogP contribution in [0.1, 0.15) is 55.9 Å². The maximum Gasteiger partial charge on any atom is 0.157 e. The Kier molecular flexibility index (Phi) is 4.83. The van der Waals surface area contributed by atoms with E-state index in [-0.39, 0.29) is 12.1 Å². The van der Waals surface area contributed by atoms with Crippen LogP contribution in [0.2, 0.25) is 0 Å². The summed E-state index contributed by atoms with van der Waals surface area (Å²) in [5.74, 6) is 0.756. The monoisotopic (exact) mass is 223 g/mol. The first-order valence-corrected chi connectivity index (χ1v) is 5.72. The highest BCUT2D eigenvalue weighted by molar-refractivity contribution is 5.19. The van der Waals surface area contributed by atoms with Crippen molar-refractivity contribution in [3.05, 3.63) is 23.3 Å². The maximum absolute atomic E-state index is 5.82. The molecule has 0 aliphatic rings. The molecule has 0 fully saturated rings. The maximum atomic E-state index is 5.82. The average Bonchev–Trinajstić information content (AvgIpc) is 2.25. The minimum Gasteiger partial charge on any atom is -0.373 e. The molecule has 1 unspecified atom stereocenters. The van der Waals surface area contributed by atoms with Crippen LogP contribution in [0.5, 0.6) is 0 Å². The van der Waals surface area contributed by atoms with Gasteiger partial charge >= 0.3 is 0 Å². The Balaban J connectivity index is 2.95. The van der Waals surface area contributed by atoms with Crippen molar-refractivity contribution in [3.8, 4) is 0 Å². The number of hydrogen-bond acceptors (Lipinski definition) is 4. The van der Waals surface area contributed by atoms with Gasteiger partial charge in [-0.1, -0.05) is 13.3 Å². The van der Waals surface area contributed by atoms with Gasteiger partial charge in [-0.15, -0.1) is 0 Å². The smallest absolute Gasteiger partial charge is 0.157 e. The van der Waals surface area contributed by atoms with Crippen LogP contribution in [-0.4, -0.2) is 17.1 Å². The minimum absolute atomic E-state index is 0.00849. The SMILES string of the molecule is CCCC(OC)c1ncc([C@@H](C)N)c(C)n1. The van der Waals surface area contributed by atoms with Crippen molar-refractivity contribution in [2.45, 2.75) is 45.8 Å². The van der Waals surface area contributed by atoms with E-state index in [1.54, 1.807) is 7.11 Å². The van der Waals surface area contributed by atoms with Crippen LogP contribution in [0.25, 0.3) is 0 Å². The van der Waals surface area contributed by atoms with E-state index < -0.39 is 0 Å². The van der Waals surface area contributed by atoms with Crippen molar-refractivity contribution >= 4 is 0 Å². The van der Waals surface area contributed by atoms with Crippen LogP contribution >= 0.6 is 0 Å². The average molecular weight is 223 g/mol. The summed E-state index contributed by atoms with van der Waals surface area (Å²) in [6, 6.07) is -0.0266. The number of aryl methyl sites for hydroxylation is 1. The molecular formula is C12H21N3O. The van der Waals surface area contributed by atoms with Crippen LogP contribution in [0.4, 0.5) is 0 Å². The molecule has 0 bridgehead atoms. The fourth-order valence-electron chi connectivity index (χ4n) is 1.71. The molecule has 1 heterocycles. The third-order valence-corrected chi connectivity index (χ3v) is 2.65. The summed E-state index contributed by atoms with van der Waals surface area (Å²) in [5, 5.41) is 0. The quantitative estimate of drug-likeness (QED) is 0.832. The molecule has 90 valence electrons. The predicted molar refractivity (Wildman–Crippen MR) is 64.0 cm³/mol. The summed E-state index contributed by atoms with van der Waals surface area (Å²) in [7, 11) is 1.69. The van der Waals surface area contributed by atoms with Gasteiger partial charge in [-0.25, -0.2) is 9.97 Å². The lowest BCUT2D eigenvalue weighted by Crippen LogP contribution is -2.13. The standard InChI is InChI=1S/C12H21N3O/c1-5-6-11(16-4)12-14-7-10(8(2)13)9(3)15-12/h7-8,11H,5-6,13H2,1-4H3/t8-,11?/m1/s1. The van der Waals surface area contributed by atoms with Crippen LogP contribution in [0.3, 0.4) is 0 Å². The summed E-state index contributed by atoms with van der Waals surface area (Å²) in [6.45, 7) is 6.02. The highest BCUT2D eigenvalue weighted by atomic mass is 16.5. The van der Waals surface area contributed by atoms with E-state index in [0.29, 0.717) is 0 Å². The molecule has 0 spiro atoms. The van der Waals surface area contributed by atoms with Gasteiger partial charge in [0.25, 0.3) is 0 Å². The minimum atomic E-state index is -0.0266. The molecule has 0 saturated heterocycles. The zero-order valence-electron chi connectivity index (χ0n) is 10.5. The third-order valence-electron chi connectivity index (χ3n) is 2.65. The molecule has 0 aromatic carbocycles. The van der Waals surface area contributed by atoms with E-state index in [1.165, 1.54) is 0 Å². The van der Waals surface area contributed by atoms with E-state index in [2.05, 4.69) is 16.9 Å². The van der Waals surface area contributed by atoms with Gasteiger partial charge in [0.2, 0.25) is 0 Å². The Morgan fingerprint density at radius 2 is 2.19 bits per heavy atom. The lowest BCUT2D eigenvalue weighted by Gasteiger charge is -2.15. The van der Waals surface area contributed by atoms with Gasteiger partial charge in [-0.2, -0.15) is 0 Å². The van der Waals surface area contributed by atoms with E-state index in [9.17, 15) is 0 Å². The highest BCUT2D eigenvalue weighted by Crippen LogP contribution is 2.20. The molecule has 0 radical (unpaired) electrons. The fraction of sp³-hybridized carbons (Fsp3) is 0.667. The second-order valence-corrected chi connectivity index (χ2v) is 4.07. The van der Waals surface area contributed by atoms with Gasteiger partial charge in [-0.3, -0.25) is 0 Å². The summed E-state index contributed by atoms with van der Waals surface area (Å²) < 4.78 is 5.38. The number of ether oxygens (including phenoxy) is 1. The first kappa shape index (κ1) is 13.1. The second kappa shape index (κ2) is 5.92. The molecule has 1 aromatic heterocycles. The van der Waals surface area contributed by atoms with Gasteiger partial charge in [0.1, 0.15) is 6.10 Å².